The van der Waals surface area contributed by atoms with E-state index in [4.69, 9.17) is 4.74 Å². The molecular weight excluding hydrogens is 419 g/mol. The van der Waals surface area contributed by atoms with Crippen LogP contribution in [0.25, 0.3) is 0 Å². The number of aliphatic hydroxyl groups is 1. The summed E-state index contributed by atoms with van der Waals surface area (Å²) in [6.45, 7) is 13.1. The van der Waals surface area contributed by atoms with Crippen LogP contribution < -0.4 is 0 Å². The van der Waals surface area contributed by atoms with Gasteiger partial charge >= 0.3 is 5.97 Å². The SMILES string of the molecule is CC[C@@H](C)CC(C)C(=O)O[C@H](I)[C@@](C)(O)/C=C(\C)C(=O)[C@H](C)CC. The molecule has 0 spiro atoms. The van der Waals surface area contributed by atoms with Crippen molar-refractivity contribution in [3.05, 3.63) is 11.6 Å². The molecule has 0 aromatic rings. The zero-order valence-corrected chi connectivity index (χ0v) is 18.2. The zero-order chi connectivity index (χ0) is 19.1. The van der Waals surface area contributed by atoms with Crippen LogP contribution in [0.15, 0.2) is 11.6 Å². The van der Waals surface area contributed by atoms with Gasteiger partial charge in [0.05, 0.1) is 5.92 Å². The first-order valence-electron chi connectivity index (χ1n) is 8.76. The standard InChI is InChI=1S/C19H33IO4/c1-8-12(3)10-14(5)17(22)24-18(20)19(7,23)11-15(6)16(21)13(4)9-2/h11-14,18,23H,8-10H2,1-7H3/b15-11+/t12-,13-,14?,18+,19+/m1/s1. The Balaban J connectivity index is 4.91. The lowest BCUT2D eigenvalue weighted by atomic mass is 9.94. The predicted octanol–water partition coefficient (Wildman–Crippen LogP) is 4.68. The smallest absolute Gasteiger partial charge is 0.309 e. The van der Waals surface area contributed by atoms with E-state index in [1.165, 1.54) is 6.08 Å². The summed E-state index contributed by atoms with van der Waals surface area (Å²) in [7, 11) is 0. The maximum Gasteiger partial charge on any atom is 0.309 e. The van der Waals surface area contributed by atoms with Gasteiger partial charge in [0, 0.05) is 5.92 Å². The third-order valence-electron chi connectivity index (χ3n) is 4.49. The molecule has 0 aliphatic rings. The summed E-state index contributed by atoms with van der Waals surface area (Å²) in [5.41, 5.74) is -0.890. The first kappa shape index (κ1) is 23.6. The molecule has 5 atom stereocenters. The van der Waals surface area contributed by atoms with Gasteiger partial charge in [0.2, 0.25) is 0 Å². The van der Waals surface area contributed by atoms with Gasteiger partial charge in [-0.05, 0) is 66.8 Å². The summed E-state index contributed by atoms with van der Waals surface area (Å²) in [5, 5.41) is 10.6. The van der Waals surface area contributed by atoms with E-state index in [1.807, 2.05) is 43.4 Å². The summed E-state index contributed by atoms with van der Waals surface area (Å²) < 4.78 is 4.68. The van der Waals surface area contributed by atoms with Gasteiger partial charge in [0.15, 0.2) is 9.89 Å². The minimum Gasteiger partial charge on any atom is -0.448 e. The Hall–Kier alpha value is -0.430. The van der Waals surface area contributed by atoms with E-state index in [1.54, 1.807) is 13.8 Å². The van der Waals surface area contributed by atoms with E-state index in [0.717, 1.165) is 19.3 Å². The lowest BCUT2D eigenvalue weighted by Gasteiger charge is -2.28. The van der Waals surface area contributed by atoms with E-state index in [2.05, 4.69) is 13.8 Å². The molecule has 140 valence electrons. The highest BCUT2D eigenvalue weighted by Gasteiger charge is 2.33. The van der Waals surface area contributed by atoms with Crippen LogP contribution in [0, 0.1) is 17.8 Å². The van der Waals surface area contributed by atoms with Gasteiger partial charge in [-0.3, -0.25) is 9.59 Å². The Morgan fingerprint density at radius 3 is 2.17 bits per heavy atom. The fourth-order valence-corrected chi connectivity index (χ4v) is 2.78. The first-order chi connectivity index (χ1) is 11.0. The molecule has 0 fully saturated rings. The second-order valence-corrected chi connectivity index (χ2v) is 8.26. The van der Waals surface area contributed by atoms with Crippen molar-refractivity contribution in [3.63, 3.8) is 0 Å². The van der Waals surface area contributed by atoms with Crippen LogP contribution in [0.4, 0.5) is 0 Å². The Kier molecular flexibility index (Phi) is 10.3. The zero-order valence-electron chi connectivity index (χ0n) is 16.1. The predicted molar refractivity (Wildman–Crippen MR) is 106 cm³/mol. The third-order valence-corrected chi connectivity index (χ3v) is 6.01. The molecule has 0 aromatic carbocycles. The van der Waals surface area contributed by atoms with E-state index >= 15 is 0 Å². The Morgan fingerprint density at radius 2 is 1.71 bits per heavy atom. The molecule has 0 rings (SSSR count). The Labute approximate surface area is 160 Å². The second-order valence-electron chi connectivity index (χ2n) is 7.13. The van der Waals surface area contributed by atoms with Crippen molar-refractivity contribution in [2.45, 2.75) is 77.4 Å². The molecule has 0 heterocycles. The summed E-state index contributed by atoms with van der Waals surface area (Å²) >= 11 is 1.91. The average molecular weight is 452 g/mol. The number of Topliss-reactive ketones (excluding diaryl/α,β-unsaturated/α-hetero) is 1. The summed E-state index contributed by atoms with van der Waals surface area (Å²) in [6.07, 6.45) is 4.04. The highest BCUT2D eigenvalue weighted by Crippen LogP contribution is 2.26. The van der Waals surface area contributed by atoms with Crippen molar-refractivity contribution >= 4 is 34.3 Å². The van der Waals surface area contributed by atoms with Crippen LogP contribution in [-0.4, -0.2) is 26.6 Å². The number of carbonyl (C=O) groups excluding carboxylic acids is 2. The molecular formula is C19H33IO4. The van der Waals surface area contributed by atoms with Crippen LogP contribution in [0.5, 0.6) is 0 Å². The number of halogens is 1. The Morgan fingerprint density at radius 1 is 1.17 bits per heavy atom. The van der Waals surface area contributed by atoms with E-state index in [0.29, 0.717) is 11.5 Å². The third kappa shape index (κ3) is 7.64. The number of alkyl halides is 1. The molecule has 0 bridgehead atoms. The van der Waals surface area contributed by atoms with Gasteiger partial charge < -0.3 is 9.84 Å². The van der Waals surface area contributed by atoms with Crippen LogP contribution in [0.3, 0.4) is 0 Å². The molecule has 0 radical (unpaired) electrons. The molecule has 24 heavy (non-hydrogen) atoms. The molecule has 4 nitrogen and oxygen atoms in total. The first-order valence-corrected chi connectivity index (χ1v) is 10.0. The van der Waals surface area contributed by atoms with Crippen LogP contribution in [-0.2, 0) is 14.3 Å². The van der Waals surface area contributed by atoms with Gasteiger partial charge in [-0.1, -0.05) is 41.0 Å². The quantitative estimate of drug-likeness (QED) is 0.226. The fourth-order valence-electron chi connectivity index (χ4n) is 2.35. The van der Waals surface area contributed by atoms with Crippen molar-refractivity contribution < 1.29 is 19.4 Å². The van der Waals surface area contributed by atoms with Gasteiger partial charge in [0.25, 0.3) is 0 Å². The average Bonchev–Trinajstić information content (AvgIpc) is 2.52. The molecule has 0 aliphatic carbocycles. The number of hydrogen-bond acceptors (Lipinski definition) is 4. The molecule has 0 saturated carbocycles. The molecule has 0 aromatic heterocycles. The number of esters is 1. The minimum atomic E-state index is -1.39. The van der Waals surface area contributed by atoms with E-state index < -0.39 is 9.71 Å². The van der Waals surface area contributed by atoms with E-state index in [9.17, 15) is 14.7 Å². The number of ketones is 1. The topological polar surface area (TPSA) is 63.6 Å². The van der Waals surface area contributed by atoms with Crippen molar-refractivity contribution in [2.24, 2.45) is 17.8 Å². The van der Waals surface area contributed by atoms with Crippen molar-refractivity contribution in [1.82, 2.24) is 0 Å². The number of rotatable bonds is 10. The maximum atomic E-state index is 12.2. The van der Waals surface area contributed by atoms with Gasteiger partial charge in [0.1, 0.15) is 5.60 Å². The number of carbonyl (C=O) groups is 2. The summed E-state index contributed by atoms with van der Waals surface area (Å²) in [6, 6.07) is 0. The van der Waals surface area contributed by atoms with Gasteiger partial charge in [-0.25, -0.2) is 0 Å². The van der Waals surface area contributed by atoms with Crippen molar-refractivity contribution in [1.29, 1.82) is 0 Å². The molecule has 0 amide bonds. The molecule has 1 unspecified atom stereocenters. The number of hydrogen-bond donors (Lipinski definition) is 1. The maximum absolute atomic E-state index is 12.2. The fraction of sp³-hybridized carbons (Fsp3) is 0.789. The Bertz CT molecular complexity index is 456. The molecule has 5 heteroatoms. The van der Waals surface area contributed by atoms with Crippen LogP contribution >= 0.6 is 22.6 Å². The minimum absolute atomic E-state index is 0.0119. The van der Waals surface area contributed by atoms with Crippen molar-refractivity contribution in [3.8, 4) is 0 Å². The van der Waals surface area contributed by atoms with Crippen LogP contribution in [0.2, 0.25) is 0 Å². The largest absolute Gasteiger partial charge is 0.448 e. The second kappa shape index (κ2) is 10.5. The normalized spacial score (nSPS) is 19.8. The highest BCUT2D eigenvalue weighted by molar-refractivity contribution is 14.1. The lowest BCUT2D eigenvalue weighted by molar-refractivity contribution is -0.155. The molecule has 0 saturated heterocycles. The monoisotopic (exact) mass is 452 g/mol. The van der Waals surface area contributed by atoms with Crippen molar-refractivity contribution in [2.75, 3.05) is 0 Å². The summed E-state index contributed by atoms with van der Waals surface area (Å²) in [4.78, 5) is 24.4. The molecule has 1 N–H and O–H groups in total. The van der Waals surface area contributed by atoms with Crippen LogP contribution in [0.1, 0.15) is 67.7 Å². The molecule has 0 aliphatic heterocycles. The highest BCUT2D eigenvalue weighted by atomic mass is 127. The number of ether oxygens (including phenoxy) is 1. The van der Waals surface area contributed by atoms with Gasteiger partial charge in [-0.2, -0.15) is 0 Å². The summed E-state index contributed by atoms with van der Waals surface area (Å²) in [5.74, 6) is -0.134. The van der Waals surface area contributed by atoms with E-state index in [-0.39, 0.29) is 23.6 Å². The number of allylic oxidation sites excluding steroid dienone is 1. The lowest BCUT2D eigenvalue weighted by Crippen LogP contribution is -2.38. The van der Waals surface area contributed by atoms with Gasteiger partial charge in [-0.15, -0.1) is 0 Å².